The molecule has 0 heterocycles. The second kappa shape index (κ2) is 39.2. The Morgan fingerprint density at radius 1 is 0.407 bits per heavy atom. The Morgan fingerprint density at radius 2 is 0.685 bits per heavy atom. The molecule has 5 nitrogen and oxygen atoms in total. The van der Waals surface area contributed by atoms with Crippen LogP contribution in [0.15, 0.2) is 0 Å². The van der Waals surface area contributed by atoms with E-state index in [1.165, 1.54) is 193 Å². The summed E-state index contributed by atoms with van der Waals surface area (Å²) in [5, 5.41) is 0. The number of methoxy groups -OCH3 is 1. The van der Waals surface area contributed by atoms with E-state index in [1.54, 1.807) is 7.11 Å². The Balaban J connectivity index is 4.35. The van der Waals surface area contributed by atoms with Crippen LogP contribution in [-0.4, -0.2) is 62.0 Å². The summed E-state index contributed by atoms with van der Waals surface area (Å²) in [7, 11) is 1.73. The van der Waals surface area contributed by atoms with Gasteiger partial charge in [-0.1, -0.05) is 206 Å². The minimum atomic E-state index is -0.402. The van der Waals surface area contributed by atoms with E-state index in [0.29, 0.717) is 13.2 Å². The van der Waals surface area contributed by atoms with Crippen molar-refractivity contribution in [3.8, 4) is 0 Å². The fourth-order valence-electron chi connectivity index (χ4n) is 7.48. The van der Waals surface area contributed by atoms with Gasteiger partial charge in [0, 0.05) is 26.8 Å². The first-order valence-electron chi connectivity index (χ1n) is 24.2. The molecule has 54 heavy (non-hydrogen) atoms. The Kier molecular flexibility index (Phi) is 38.7. The molecule has 0 unspecified atom stereocenters. The summed E-state index contributed by atoms with van der Waals surface area (Å²) in [6, 6.07) is 0. The van der Waals surface area contributed by atoms with Crippen LogP contribution in [0.1, 0.15) is 260 Å². The van der Waals surface area contributed by atoms with Gasteiger partial charge in [0.2, 0.25) is 5.91 Å². The first-order chi connectivity index (χ1) is 26.2. The second-order valence-corrected chi connectivity index (χ2v) is 18.1. The average Bonchev–Trinajstić information content (AvgIpc) is 3.14. The van der Waals surface area contributed by atoms with Crippen molar-refractivity contribution in [2.24, 2.45) is 0 Å². The molecule has 0 rings (SSSR count). The molecule has 0 bridgehead atoms. The lowest BCUT2D eigenvalue weighted by Gasteiger charge is -2.30. The number of carbonyl (C=O) groups excluding carboxylic acids is 1. The lowest BCUT2D eigenvalue weighted by Crippen LogP contribution is -2.39. The van der Waals surface area contributed by atoms with E-state index in [1.807, 2.05) is 0 Å². The Bertz CT molecular complexity index is 733. The molecule has 0 N–H and O–H groups in total. The molecule has 0 radical (unpaired) electrons. The van der Waals surface area contributed by atoms with Crippen LogP contribution in [0.2, 0.25) is 0 Å². The van der Waals surface area contributed by atoms with Crippen molar-refractivity contribution in [2.45, 2.75) is 271 Å². The zero-order valence-corrected chi connectivity index (χ0v) is 38.2. The van der Waals surface area contributed by atoms with Crippen molar-refractivity contribution in [3.63, 3.8) is 0 Å². The van der Waals surface area contributed by atoms with E-state index in [2.05, 4.69) is 46.4 Å². The number of ether oxygens (including phenoxy) is 3. The third-order valence-corrected chi connectivity index (χ3v) is 11.6. The zero-order chi connectivity index (χ0) is 39.9. The summed E-state index contributed by atoms with van der Waals surface area (Å²) in [5.74, 6) is 0.159. The van der Waals surface area contributed by atoms with Crippen molar-refractivity contribution >= 4 is 5.91 Å². The highest BCUT2D eigenvalue weighted by atomic mass is 16.5. The summed E-state index contributed by atoms with van der Waals surface area (Å²) in [6.07, 6.45) is 45.5. The van der Waals surface area contributed by atoms with Crippen molar-refractivity contribution in [1.29, 1.82) is 0 Å². The summed E-state index contributed by atoms with van der Waals surface area (Å²) in [5.41, 5.74) is -0.625. The fourth-order valence-corrected chi connectivity index (χ4v) is 7.48. The lowest BCUT2D eigenvalue weighted by atomic mass is 10.0. The van der Waals surface area contributed by atoms with Gasteiger partial charge in [0.15, 0.2) is 0 Å². The third kappa shape index (κ3) is 38.2. The van der Waals surface area contributed by atoms with Gasteiger partial charge in [0.05, 0.1) is 17.8 Å². The van der Waals surface area contributed by atoms with E-state index in [0.717, 1.165) is 38.8 Å². The fraction of sp³-hybridized carbons (Fsp3) is 0.980. The van der Waals surface area contributed by atoms with Gasteiger partial charge in [-0.2, -0.15) is 0 Å². The van der Waals surface area contributed by atoms with E-state index in [4.69, 9.17) is 14.2 Å². The van der Waals surface area contributed by atoms with Crippen LogP contribution in [0, 0.1) is 0 Å². The van der Waals surface area contributed by atoms with Gasteiger partial charge in [-0.05, 0) is 53.4 Å². The molecular formula is C49H99NO4. The minimum absolute atomic E-state index is 0.159. The SMILES string of the molecule is CCCCCCCCCCCCCCCCCCN(CCCCCCCCCCCCCCCCCC)C(=O)COC(C)(C)CCOC(C)(C)CCOC. The van der Waals surface area contributed by atoms with Crippen molar-refractivity contribution in [2.75, 3.05) is 40.0 Å². The molecule has 0 aromatic heterocycles. The van der Waals surface area contributed by atoms with E-state index < -0.39 is 5.60 Å². The van der Waals surface area contributed by atoms with Crippen LogP contribution < -0.4 is 0 Å². The smallest absolute Gasteiger partial charge is 0.248 e. The molecule has 0 aromatic rings. The van der Waals surface area contributed by atoms with Gasteiger partial charge in [-0.3, -0.25) is 4.79 Å². The highest BCUT2D eigenvalue weighted by Gasteiger charge is 2.24. The van der Waals surface area contributed by atoms with Crippen molar-refractivity contribution < 1.29 is 19.0 Å². The molecule has 0 aromatic carbocycles. The molecule has 0 aliphatic carbocycles. The van der Waals surface area contributed by atoms with Crippen LogP contribution in [-0.2, 0) is 19.0 Å². The quantitative estimate of drug-likeness (QED) is 0.0580. The van der Waals surface area contributed by atoms with Gasteiger partial charge in [-0.25, -0.2) is 0 Å². The molecule has 1 amide bonds. The predicted molar refractivity (Wildman–Crippen MR) is 237 cm³/mol. The second-order valence-electron chi connectivity index (χ2n) is 18.1. The molecule has 0 fully saturated rings. The van der Waals surface area contributed by atoms with Crippen LogP contribution >= 0.6 is 0 Å². The number of carbonyl (C=O) groups is 1. The van der Waals surface area contributed by atoms with Crippen LogP contribution in [0.4, 0.5) is 0 Å². The van der Waals surface area contributed by atoms with Crippen LogP contribution in [0.25, 0.3) is 0 Å². The monoisotopic (exact) mass is 766 g/mol. The highest BCUT2D eigenvalue weighted by Crippen LogP contribution is 2.21. The maximum absolute atomic E-state index is 13.5. The van der Waals surface area contributed by atoms with Gasteiger partial charge >= 0.3 is 0 Å². The number of hydrogen-bond acceptors (Lipinski definition) is 4. The van der Waals surface area contributed by atoms with Crippen LogP contribution in [0.5, 0.6) is 0 Å². The number of unbranched alkanes of at least 4 members (excludes halogenated alkanes) is 30. The summed E-state index contributed by atoms with van der Waals surface area (Å²) < 4.78 is 17.6. The van der Waals surface area contributed by atoms with Gasteiger partial charge < -0.3 is 19.1 Å². The van der Waals surface area contributed by atoms with Gasteiger partial charge in [0.25, 0.3) is 0 Å². The largest absolute Gasteiger partial charge is 0.385 e. The number of amides is 1. The van der Waals surface area contributed by atoms with E-state index in [-0.39, 0.29) is 18.1 Å². The molecular weight excluding hydrogens is 667 g/mol. The minimum Gasteiger partial charge on any atom is -0.385 e. The Hall–Kier alpha value is -0.650. The molecule has 0 atom stereocenters. The summed E-state index contributed by atoms with van der Waals surface area (Å²) in [4.78, 5) is 15.6. The number of nitrogens with zero attached hydrogens (tertiary/aromatic N) is 1. The summed E-state index contributed by atoms with van der Waals surface area (Å²) in [6.45, 7) is 16.2. The Morgan fingerprint density at radius 3 is 1.00 bits per heavy atom. The van der Waals surface area contributed by atoms with E-state index in [9.17, 15) is 4.79 Å². The standard InChI is InChI=1S/C49H99NO4/c1-8-10-12-14-16-18-20-22-24-26-28-30-32-34-36-38-42-50(47(51)46-54-49(5,6)41-45-53-48(3,4)40-44-52-7)43-39-37-35-33-31-29-27-25-23-21-19-17-15-13-11-9-2/h8-46H2,1-7H3. The molecule has 0 spiro atoms. The normalized spacial score (nSPS) is 12.2. The summed E-state index contributed by atoms with van der Waals surface area (Å²) >= 11 is 0. The van der Waals surface area contributed by atoms with Crippen molar-refractivity contribution in [1.82, 2.24) is 4.90 Å². The number of hydrogen-bond donors (Lipinski definition) is 0. The number of rotatable bonds is 44. The van der Waals surface area contributed by atoms with Crippen LogP contribution in [0.3, 0.4) is 0 Å². The van der Waals surface area contributed by atoms with E-state index >= 15 is 0 Å². The maximum Gasteiger partial charge on any atom is 0.248 e. The van der Waals surface area contributed by atoms with Gasteiger partial charge in [-0.15, -0.1) is 0 Å². The third-order valence-electron chi connectivity index (χ3n) is 11.6. The van der Waals surface area contributed by atoms with Crippen molar-refractivity contribution in [3.05, 3.63) is 0 Å². The first-order valence-corrected chi connectivity index (χ1v) is 24.2. The maximum atomic E-state index is 13.5. The topological polar surface area (TPSA) is 48.0 Å². The van der Waals surface area contributed by atoms with Gasteiger partial charge in [0.1, 0.15) is 6.61 Å². The predicted octanol–water partition coefficient (Wildman–Crippen LogP) is 15.4. The Labute approximate surface area is 340 Å². The first kappa shape index (κ1) is 53.4. The molecule has 324 valence electrons. The molecule has 0 saturated heterocycles. The average molecular weight is 766 g/mol. The highest BCUT2D eigenvalue weighted by molar-refractivity contribution is 5.77. The lowest BCUT2D eigenvalue weighted by molar-refractivity contribution is -0.144. The molecule has 5 heteroatoms. The molecule has 0 aliphatic heterocycles. The molecule has 0 saturated carbocycles. The zero-order valence-electron chi connectivity index (χ0n) is 38.2. The molecule has 0 aliphatic rings.